The highest BCUT2D eigenvalue weighted by atomic mass is 31.2. The highest BCUT2D eigenvalue weighted by molar-refractivity contribution is 7.74. The van der Waals surface area contributed by atoms with Crippen LogP contribution in [0.2, 0.25) is 0 Å². The molecule has 1 saturated heterocycles. The summed E-state index contributed by atoms with van der Waals surface area (Å²) in [7, 11) is -3.72. The number of benzene rings is 3. The summed E-state index contributed by atoms with van der Waals surface area (Å²) in [6.45, 7) is 3.52. The second-order valence-electron chi connectivity index (χ2n) is 11.8. The van der Waals surface area contributed by atoms with Crippen molar-refractivity contribution in [2.75, 3.05) is 18.5 Å². The molecular formula is C34H40FN4O7P. The number of ketones is 1. The zero-order valence-corrected chi connectivity index (χ0v) is 27.1. The summed E-state index contributed by atoms with van der Waals surface area (Å²) in [6, 6.07) is 19.9. The molecule has 250 valence electrons. The summed E-state index contributed by atoms with van der Waals surface area (Å²) in [4.78, 5) is 52.7. The van der Waals surface area contributed by atoms with Gasteiger partial charge >= 0.3 is 11.8 Å². The number of Topliss-reactive ketones (excluding diaryl/α,β-unsaturated/α-hetero) is 1. The van der Waals surface area contributed by atoms with Gasteiger partial charge < -0.3 is 25.6 Å². The lowest BCUT2D eigenvalue weighted by Crippen LogP contribution is -2.54. The van der Waals surface area contributed by atoms with Gasteiger partial charge in [-0.1, -0.05) is 62.4 Å². The zero-order chi connectivity index (χ0) is 34.0. The standard InChI is InChI=1S/C34H40FN4O7P/c1-22(2)19-29(39-34(44)33(43)37-27-16-10-9-15-26(27)35)32(42)38-28(20-23-17-18-36-31(23)41)30(40)21-46-47(45,24-11-5-3-6-12-24)25-13-7-4-8-14-25/h3-16,22-23,28-29,31,36,41H,17-21H2,1-2H3,(H,37,43)(H,38,42)(H,39,44)/t23-,28-,29-,31?/m0/s1. The summed E-state index contributed by atoms with van der Waals surface area (Å²) in [5.74, 6) is -4.89. The molecular weight excluding hydrogens is 626 g/mol. The number of aliphatic hydroxyl groups excluding tert-OH is 1. The number of carbonyl (C=O) groups is 4. The Kier molecular flexibility index (Phi) is 12.6. The van der Waals surface area contributed by atoms with Crippen LogP contribution in [0, 0.1) is 17.7 Å². The SMILES string of the molecule is CC(C)C[C@H](NC(=O)C(=O)Nc1ccccc1F)C(=O)N[C@@H](C[C@@H]1CCNC1O)C(=O)COP(=O)(c1ccccc1)c1ccccc1. The zero-order valence-electron chi connectivity index (χ0n) is 26.2. The molecule has 11 nitrogen and oxygen atoms in total. The minimum absolute atomic E-state index is 0.0409. The van der Waals surface area contributed by atoms with E-state index in [-0.39, 0.29) is 30.4 Å². The summed E-state index contributed by atoms with van der Waals surface area (Å²) in [6.07, 6.45) is -0.209. The van der Waals surface area contributed by atoms with Gasteiger partial charge in [-0.25, -0.2) is 4.39 Å². The molecule has 1 aliphatic rings. The Morgan fingerprint density at radius 3 is 2.04 bits per heavy atom. The van der Waals surface area contributed by atoms with E-state index in [0.717, 1.165) is 6.07 Å². The maximum Gasteiger partial charge on any atom is 0.313 e. The van der Waals surface area contributed by atoms with Gasteiger partial charge in [0.2, 0.25) is 5.91 Å². The van der Waals surface area contributed by atoms with Crippen LogP contribution in [0.15, 0.2) is 84.9 Å². The lowest BCUT2D eigenvalue weighted by atomic mass is 9.94. The van der Waals surface area contributed by atoms with E-state index in [0.29, 0.717) is 23.6 Å². The molecule has 4 rings (SSSR count). The Labute approximate surface area is 273 Å². The van der Waals surface area contributed by atoms with Gasteiger partial charge in [0.05, 0.1) is 11.7 Å². The van der Waals surface area contributed by atoms with E-state index in [2.05, 4.69) is 21.3 Å². The number of halogens is 1. The van der Waals surface area contributed by atoms with Gasteiger partial charge in [-0.2, -0.15) is 0 Å². The number of rotatable bonds is 14. The minimum Gasteiger partial charge on any atom is -0.378 e. The summed E-state index contributed by atoms with van der Waals surface area (Å²) in [5.41, 5.74) is -0.199. The van der Waals surface area contributed by atoms with E-state index < -0.39 is 61.6 Å². The first-order chi connectivity index (χ1) is 22.5. The second-order valence-corrected chi connectivity index (χ2v) is 14.2. The van der Waals surface area contributed by atoms with Crippen LogP contribution in [0.4, 0.5) is 10.1 Å². The van der Waals surface area contributed by atoms with Crippen LogP contribution < -0.4 is 31.9 Å². The quantitative estimate of drug-likeness (QED) is 0.130. The number of anilines is 1. The molecule has 47 heavy (non-hydrogen) atoms. The molecule has 4 atom stereocenters. The first kappa shape index (κ1) is 35.6. The number of nitrogens with one attached hydrogen (secondary N) is 4. The fraction of sp³-hybridized carbons (Fsp3) is 0.353. The fourth-order valence-corrected chi connectivity index (χ4v) is 7.34. The maximum atomic E-state index is 14.3. The van der Waals surface area contributed by atoms with Crippen molar-refractivity contribution in [2.24, 2.45) is 11.8 Å². The molecule has 0 aromatic heterocycles. The van der Waals surface area contributed by atoms with Gasteiger partial charge in [0, 0.05) is 16.5 Å². The van der Waals surface area contributed by atoms with Crippen molar-refractivity contribution in [3.63, 3.8) is 0 Å². The lowest BCUT2D eigenvalue weighted by molar-refractivity contribution is -0.138. The first-order valence-corrected chi connectivity index (χ1v) is 17.1. The number of para-hydroxylation sites is 1. The van der Waals surface area contributed by atoms with Crippen LogP contribution in [-0.4, -0.2) is 60.1 Å². The summed E-state index contributed by atoms with van der Waals surface area (Å²) in [5, 5.41) is 21.4. The molecule has 0 saturated carbocycles. The van der Waals surface area contributed by atoms with Crippen LogP contribution in [0.3, 0.4) is 0 Å². The van der Waals surface area contributed by atoms with Crippen molar-refractivity contribution in [1.82, 2.24) is 16.0 Å². The van der Waals surface area contributed by atoms with E-state index in [4.69, 9.17) is 4.52 Å². The number of amides is 3. The molecule has 3 aromatic carbocycles. The van der Waals surface area contributed by atoms with E-state index in [1.54, 1.807) is 60.7 Å². The number of aliphatic hydroxyl groups is 1. The van der Waals surface area contributed by atoms with Crippen molar-refractivity contribution >= 4 is 47.2 Å². The normalized spacial score (nSPS) is 17.5. The van der Waals surface area contributed by atoms with Gasteiger partial charge in [0.1, 0.15) is 24.7 Å². The van der Waals surface area contributed by atoms with E-state index >= 15 is 0 Å². The highest BCUT2D eigenvalue weighted by Gasteiger charge is 2.36. The third-order valence-corrected chi connectivity index (χ3v) is 10.2. The lowest BCUT2D eigenvalue weighted by Gasteiger charge is -2.27. The summed E-state index contributed by atoms with van der Waals surface area (Å²) >= 11 is 0. The molecule has 0 aliphatic carbocycles. The van der Waals surface area contributed by atoms with Gasteiger partial charge in [-0.15, -0.1) is 0 Å². The van der Waals surface area contributed by atoms with Crippen molar-refractivity contribution in [2.45, 2.75) is 51.4 Å². The molecule has 0 spiro atoms. The van der Waals surface area contributed by atoms with Gasteiger partial charge in [-0.05, 0) is 68.1 Å². The first-order valence-electron chi connectivity index (χ1n) is 15.4. The molecule has 1 heterocycles. The maximum absolute atomic E-state index is 14.3. The largest absolute Gasteiger partial charge is 0.378 e. The fourth-order valence-electron chi connectivity index (χ4n) is 5.30. The number of hydrogen-bond donors (Lipinski definition) is 5. The molecule has 1 unspecified atom stereocenters. The van der Waals surface area contributed by atoms with Gasteiger partial charge in [0.25, 0.3) is 7.37 Å². The second kappa shape index (κ2) is 16.6. The van der Waals surface area contributed by atoms with Crippen molar-refractivity contribution in [3.05, 3.63) is 90.7 Å². The third-order valence-electron chi connectivity index (χ3n) is 7.80. The monoisotopic (exact) mass is 666 g/mol. The number of hydrogen-bond acceptors (Lipinski definition) is 8. The van der Waals surface area contributed by atoms with Crippen LogP contribution in [0.1, 0.15) is 33.1 Å². The van der Waals surface area contributed by atoms with Crippen molar-refractivity contribution in [1.29, 1.82) is 0 Å². The smallest absolute Gasteiger partial charge is 0.313 e. The van der Waals surface area contributed by atoms with E-state index in [1.807, 2.05) is 13.8 Å². The van der Waals surface area contributed by atoms with Crippen molar-refractivity contribution in [3.8, 4) is 0 Å². The van der Waals surface area contributed by atoms with Crippen LogP contribution in [-0.2, 0) is 28.3 Å². The number of carbonyl (C=O) groups excluding carboxylic acids is 4. The van der Waals surface area contributed by atoms with Crippen LogP contribution in [0.25, 0.3) is 0 Å². The van der Waals surface area contributed by atoms with Gasteiger partial charge in [-0.3, -0.25) is 29.1 Å². The molecule has 3 amide bonds. The Bertz CT molecular complexity index is 1550. The van der Waals surface area contributed by atoms with Crippen LogP contribution in [0.5, 0.6) is 0 Å². The molecule has 3 aromatic rings. The average Bonchev–Trinajstić information content (AvgIpc) is 3.48. The van der Waals surface area contributed by atoms with Gasteiger partial charge in [0.15, 0.2) is 5.78 Å². The Morgan fingerprint density at radius 2 is 1.49 bits per heavy atom. The Hall–Kier alpha value is -4.22. The molecule has 5 N–H and O–H groups in total. The highest BCUT2D eigenvalue weighted by Crippen LogP contribution is 2.44. The predicted molar refractivity (Wildman–Crippen MR) is 176 cm³/mol. The van der Waals surface area contributed by atoms with E-state index in [1.165, 1.54) is 18.2 Å². The summed E-state index contributed by atoms with van der Waals surface area (Å²) < 4.78 is 34.3. The molecule has 1 fully saturated rings. The molecule has 0 radical (unpaired) electrons. The minimum atomic E-state index is -3.72. The van der Waals surface area contributed by atoms with E-state index in [9.17, 15) is 33.2 Å². The average molecular weight is 667 g/mol. The van der Waals surface area contributed by atoms with Crippen LogP contribution >= 0.6 is 7.37 Å². The predicted octanol–water partition coefficient (Wildman–Crippen LogP) is 2.61. The van der Waals surface area contributed by atoms with Crippen molar-refractivity contribution < 1.29 is 37.8 Å². The Morgan fingerprint density at radius 1 is 0.894 bits per heavy atom. The molecule has 13 heteroatoms. The molecule has 1 aliphatic heterocycles. The Balaban J connectivity index is 1.52. The molecule has 0 bridgehead atoms. The third kappa shape index (κ3) is 9.65. The topological polar surface area (TPSA) is 163 Å².